The second-order valence-corrected chi connectivity index (χ2v) is 3.76. The van der Waals surface area contributed by atoms with Crippen molar-refractivity contribution in [2.75, 3.05) is 13.1 Å². The van der Waals surface area contributed by atoms with Gasteiger partial charge >= 0.3 is 6.61 Å². The zero-order valence-electron chi connectivity index (χ0n) is 11.0. The molecule has 0 spiro atoms. The maximum Gasteiger partial charge on any atom is 0.387 e. The minimum absolute atomic E-state index is 0.0566. The highest BCUT2D eigenvalue weighted by molar-refractivity contribution is 5.92. The second kappa shape index (κ2) is 7.51. The SMILES string of the molecule is CCN(CC)C(=O)/C=C/c1ccccc1OC(F)F. The van der Waals surface area contributed by atoms with Crippen LogP contribution in [0.15, 0.2) is 30.3 Å². The summed E-state index contributed by atoms with van der Waals surface area (Å²) in [5.41, 5.74) is 0.448. The first-order valence-electron chi connectivity index (χ1n) is 6.09. The van der Waals surface area contributed by atoms with E-state index in [2.05, 4.69) is 4.74 Å². The molecule has 0 aliphatic rings. The Morgan fingerprint density at radius 1 is 1.32 bits per heavy atom. The molecule has 0 aromatic heterocycles. The van der Waals surface area contributed by atoms with Crippen molar-refractivity contribution in [3.63, 3.8) is 0 Å². The lowest BCUT2D eigenvalue weighted by Gasteiger charge is -2.16. The van der Waals surface area contributed by atoms with Crippen molar-refractivity contribution >= 4 is 12.0 Å². The van der Waals surface area contributed by atoms with E-state index in [9.17, 15) is 13.6 Å². The normalized spacial score (nSPS) is 11.0. The average molecular weight is 269 g/mol. The van der Waals surface area contributed by atoms with Crippen molar-refractivity contribution in [3.8, 4) is 5.75 Å². The fourth-order valence-corrected chi connectivity index (χ4v) is 1.62. The first kappa shape index (κ1) is 15.1. The predicted octanol–water partition coefficient (Wildman–Crippen LogP) is 3.17. The Morgan fingerprint density at radius 2 is 1.95 bits per heavy atom. The van der Waals surface area contributed by atoms with Crippen LogP contribution in [0.2, 0.25) is 0 Å². The number of hydrogen-bond donors (Lipinski definition) is 0. The molecule has 0 saturated carbocycles. The largest absolute Gasteiger partial charge is 0.434 e. The number of amides is 1. The molecule has 0 bridgehead atoms. The van der Waals surface area contributed by atoms with Gasteiger partial charge in [0.1, 0.15) is 5.75 Å². The molecule has 0 heterocycles. The van der Waals surface area contributed by atoms with Crippen LogP contribution in [0.4, 0.5) is 8.78 Å². The third kappa shape index (κ3) is 4.69. The van der Waals surface area contributed by atoms with Gasteiger partial charge in [0.2, 0.25) is 5.91 Å². The first-order valence-corrected chi connectivity index (χ1v) is 6.09. The van der Waals surface area contributed by atoms with Crippen LogP contribution in [0, 0.1) is 0 Å². The van der Waals surface area contributed by atoms with Crippen LogP contribution in [0.5, 0.6) is 5.75 Å². The average Bonchev–Trinajstić information content (AvgIpc) is 2.38. The molecule has 0 saturated heterocycles. The van der Waals surface area contributed by atoms with E-state index < -0.39 is 6.61 Å². The van der Waals surface area contributed by atoms with Gasteiger partial charge < -0.3 is 9.64 Å². The summed E-state index contributed by atoms with van der Waals surface area (Å²) in [6, 6.07) is 6.35. The standard InChI is InChI=1S/C14H17F2NO2/c1-3-17(4-2)13(18)10-9-11-7-5-6-8-12(11)19-14(15)16/h5-10,14H,3-4H2,1-2H3/b10-9+. The number of halogens is 2. The number of carbonyl (C=O) groups excluding carboxylic acids is 1. The summed E-state index contributed by atoms with van der Waals surface area (Å²) in [5, 5.41) is 0. The highest BCUT2D eigenvalue weighted by atomic mass is 19.3. The van der Waals surface area contributed by atoms with E-state index >= 15 is 0 Å². The maximum absolute atomic E-state index is 12.2. The van der Waals surface area contributed by atoms with Gasteiger partial charge in [0, 0.05) is 24.7 Å². The van der Waals surface area contributed by atoms with Crippen molar-refractivity contribution in [1.82, 2.24) is 4.90 Å². The number of likely N-dealkylation sites (N-methyl/N-ethyl adjacent to an activating group) is 1. The Kier molecular flexibility index (Phi) is 5.99. The highest BCUT2D eigenvalue weighted by Crippen LogP contribution is 2.21. The molecule has 1 rings (SSSR count). The Bertz CT molecular complexity index is 443. The summed E-state index contributed by atoms with van der Waals surface area (Å²) < 4.78 is 28.8. The lowest BCUT2D eigenvalue weighted by Crippen LogP contribution is -2.28. The van der Waals surface area contributed by atoms with E-state index in [1.807, 2.05) is 13.8 Å². The van der Waals surface area contributed by atoms with Crippen LogP contribution in [0.3, 0.4) is 0 Å². The first-order chi connectivity index (χ1) is 9.08. The van der Waals surface area contributed by atoms with Gasteiger partial charge in [-0.3, -0.25) is 4.79 Å². The van der Waals surface area contributed by atoms with Crippen LogP contribution in [-0.4, -0.2) is 30.5 Å². The molecule has 104 valence electrons. The predicted molar refractivity (Wildman–Crippen MR) is 70.0 cm³/mol. The molecule has 0 aliphatic heterocycles. The van der Waals surface area contributed by atoms with E-state index in [4.69, 9.17) is 0 Å². The summed E-state index contributed by atoms with van der Waals surface area (Å²) in [6.07, 6.45) is 2.85. The molecule has 1 amide bonds. The number of carbonyl (C=O) groups is 1. The monoisotopic (exact) mass is 269 g/mol. The summed E-state index contributed by atoms with van der Waals surface area (Å²) in [4.78, 5) is 13.4. The Balaban J connectivity index is 2.84. The van der Waals surface area contributed by atoms with Crippen LogP contribution in [0.1, 0.15) is 19.4 Å². The maximum atomic E-state index is 12.2. The van der Waals surface area contributed by atoms with Gasteiger partial charge in [-0.1, -0.05) is 18.2 Å². The third-order valence-electron chi connectivity index (χ3n) is 2.62. The van der Waals surface area contributed by atoms with Crippen LogP contribution in [0.25, 0.3) is 6.08 Å². The number of ether oxygens (including phenoxy) is 1. The van der Waals surface area contributed by atoms with Crippen LogP contribution in [-0.2, 0) is 4.79 Å². The Labute approximate surface area is 111 Å². The molecule has 3 nitrogen and oxygen atoms in total. The van der Waals surface area contributed by atoms with Gasteiger partial charge in [-0.2, -0.15) is 8.78 Å². The fraction of sp³-hybridized carbons (Fsp3) is 0.357. The molecule has 19 heavy (non-hydrogen) atoms. The molecule has 1 aromatic rings. The molecule has 0 fully saturated rings. The van der Waals surface area contributed by atoms with Gasteiger partial charge in [-0.25, -0.2) is 0 Å². The molecule has 0 atom stereocenters. The van der Waals surface area contributed by atoms with Crippen molar-refractivity contribution in [2.45, 2.75) is 20.5 Å². The minimum atomic E-state index is -2.88. The molecule has 0 N–H and O–H groups in total. The number of hydrogen-bond acceptors (Lipinski definition) is 2. The molecule has 1 aromatic carbocycles. The van der Waals surface area contributed by atoms with E-state index in [0.29, 0.717) is 18.7 Å². The van der Waals surface area contributed by atoms with E-state index in [0.717, 1.165) is 0 Å². The van der Waals surface area contributed by atoms with Gasteiger partial charge in [-0.05, 0) is 26.0 Å². The number of benzene rings is 1. The highest BCUT2D eigenvalue weighted by Gasteiger charge is 2.08. The lowest BCUT2D eigenvalue weighted by atomic mass is 10.2. The van der Waals surface area contributed by atoms with Crippen LogP contribution < -0.4 is 4.74 Å². The van der Waals surface area contributed by atoms with Crippen molar-refractivity contribution in [1.29, 1.82) is 0 Å². The number of rotatable bonds is 6. The topological polar surface area (TPSA) is 29.5 Å². The van der Waals surface area contributed by atoms with Crippen molar-refractivity contribution < 1.29 is 18.3 Å². The summed E-state index contributed by atoms with van der Waals surface area (Å²) in [6.45, 7) is 2.09. The molecule has 0 aliphatic carbocycles. The minimum Gasteiger partial charge on any atom is -0.434 e. The van der Waals surface area contributed by atoms with Gasteiger partial charge in [0.25, 0.3) is 0 Å². The van der Waals surface area contributed by atoms with Crippen molar-refractivity contribution in [2.24, 2.45) is 0 Å². The smallest absolute Gasteiger partial charge is 0.387 e. The number of nitrogens with zero attached hydrogens (tertiary/aromatic N) is 1. The molecular weight excluding hydrogens is 252 g/mol. The number of para-hydroxylation sites is 1. The van der Waals surface area contributed by atoms with E-state index in [1.165, 1.54) is 18.2 Å². The van der Waals surface area contributed by atoms with Gasteiger partial charge in [0.15, 0.2) is 0 Å². The number of alkyl halides is 2. The van der Waals surface area contributed by atoms with E-state index in [1.54, 1.807) is 23.1 Å². The van der Waals surface area contributed by atoms with Gasteiger partial charge in [-0.15, -0.1) is 0 Å². The zero-order chi connectivity index (χ0) is 14.3. The summed E-state index contributed by atoms with van der Waals surface area (Å²) in [5.74, 6) is -0.0991. The summed E-state index contributed by atoms with van der Waals surface area (Å²) in [7, 11) is 0. The summed E-state index contributed by atoms with van der Waals surface area (Å²) >= 11 is 0. The zero-order valence-corrected chi connectivity index (χ0v) is 11.0. The molecular formula is C14H17F2NO2. The lowest BCUT2D eigenvalue weighted by molar-refractivity contribution is -0.125. The molecule has 0 radical (unpaired) electrons. The molecule has 0 unspecified atom stereocenters. The quantitative estimate of drug-likeness (QED) is 0.742. The third-order valence-corrected chi connectivity index (χ3v) is 2.62. The second-order valence-electron chi connectivity index (χ2n) is 3.76. The Hall–Kier alpha value is -1.91. The van der Waals surface area contributed by atoms with Gasteiger partial charge in [0.05, 0.1) is 0 Å². The fourth-order valence-electron chi connectivity index (χ4n) is 1.62. The van der Waals surface area contributed by atoms with Crippen molar-refractivity contribution in [3.05, 3.63) is 35.9 Å². The van der Waals surface area contributed by atoms with E-state index in [-0.39, 0.29) is 11.7 Å². The molecule has 5 heteroatoms. The van der Waals surface area contributed by atoms with Crippen LogP contribution >= 0.6 is 0 Å². The Morgan fingerprint density at radius 3 is 2.53 bits per heavy atom.